The molecule has 1 aliphatic heterocycles. The Hall–Kier alpha value is -5.34. The maximum absolute atomic E-state index is 13.8. The van der Waals surface area contributed by atoms with Crippen molar-refractivity contribution in [3.8, 4) is 17.2 Å². The van der Waals surface area contributed by atoms with Gasteiger partial charge in [0.25, 0.3) is 6.47 Å². The number of fused-ring (bicyclic) bond motifs is 2. The lowest BCUT2D eigenvalue weighted by Gasteiger charge is -2.33. The van der Waals surface area contributed by atoms with Gasteiger partial charge < -0.3 is 29.7 Å². The van der Waals surface area contributed by atoms with Crippen molar-refractivity contribution in [2.24, 2.45) is 0 Å². The lowest BCUT2D eigenvalue weighted by molar-refractivity contribution is -0.122. The van der Waals surface area contributed by atoms with Crippen LogP contribution in [0.3, 0.4) is 0 Å². The molecule has 2 aliphatic rings. The van der Waals surface area contributed by atoms with E-state index in [1.807, 2.05) is 67.2 Å². The maximum atomic E-state index is 13.8. The number of nitrogens with one attached hydrogen (secondary N) is 2. The molecule has 0 spiro atoms. The normalized spacial score (nSPS) is 18.1. The van der Waals surface area contributed by atoms with Crippen LogP contribution in [0.1, 0.15) is 88.8 Å². The van der Waals surface area contributed by atoms with Crippen LogP contribution in [0.2, 0.25) is 5.02 Å². The van der Waals surface area contributed by atoms with Crippen LogP contribution in [-0.4, -0.2) is 86.7 Å². The van der Waals surface area contributed by atoms with E-state index >= 15 is 0 Å². The highest BCUT2D eigenvalue weighted by Crippen LogP contribution is 2.39. The van der Waals surface area contributed by atoms with Crippen molar-refractivity contribution in [1.82, 2.24) is 34.6 Å². The molecule has 0 unspecified atom stereocenters. The van der Waals surface area contributed by atoms with Crippen LogP contribution in [0.5, 0.6) is 11.5 Å². The van der Waals surface area contributed by atoms with Gasteiger partial charge in [-0.2, -0.15) is 5.10 Å². The van der Waals surface area contributed by atoms with E-state index in [-0.39, 0.29) is 30.1 Å². The summed E-state index contributed by atoms with van der Waals surface area (Å²) >= 11 is 6.55. The minimum Gasteiger partial charge on any atom is -0.492 e. The van der Waals surface area contributed by atoms with Crippen LogP contribution < -0.4 is 25.0 Å². The number of aromatic nitrogens is 5. The number of likely N-dealkylation sites (N-methyl/N-ethyl adjacent to an activating group) is 1. The number of urea groups is 1. The Balaban J connectivity index is 0.00000172. The largest absolute Gasteiger partial charge is 0.492 e. The van der Waals surface area contributed by atoms with Crippen molar-refractivity contribution in [3.63, 3.8) is 0 Å². The highest BCUT2D eigenvalue weighted by Gasteiger charge is 2.31. The van der Waals surface area contributed by atoms with Gasteiger partial charge in [0.15, 0.2) is 5.65 Å². The van der Waals surface area contributed by atoms with Gasteiger partial charge >= 0.3 is 6.03 Å². The third-order valence-corrected chi connectivity index (χ3v) is 10.3. The average molecular weight is 786 g/mol. The van der Waals surface area contributed by atoms with Crippen molar-refractivity contribution in [1.29, 1.82) is 0 Å². The zero-order valence-corrected chi connectivity index (χ0v) is 33.7. The lowest BCUT2D eigenvalue weighted by atomic mass is 9.85. The summed E-state index contributed by atoms with van der Waals surface area (Å²) in [5, 5.41) is 27.6. The summed E-state index contributed by atoms with van der Waals surface area (Å²) in [5.41, 5.74) is 4.14. The first kappa shape index (κ1) is 40.3. The zero-order chi connectivity index (χ0) is 40.0. The summed E-state index contributed by atoms with van der Waals surface area (Å²) < 4.78 is 16.4. The first-order chi connectivity index (χ1) is 26.8. The molecular weight excluding hydrogens is 734 g/mol. The van der Waals surface area contributed by atoms with E-state index in [1.54, 1.807) is 10.7 Å². The number of anilines is 2. The molecule has 1 saturated heterocycles. The van der Waals surface area contributed by atoms with E-state index in [2.05, 4.69) is 70.5 Å². The lowest BCUT2D eigenvalue weighted by Crippen LogP contribution is -2.38. The molecule has 2 aromatic carbocycles. The second-order valence-corrected chi connectivity index (χ2v) is 16.0. The van der Waals surface area contributed by atoms with Crippen LogP contribution >= 0.6 is 11.6 Å². The van der Waals surface area contributed by atoms with Gasteiger partial charge in [-0.25, -0.2) is 9.48 Å². The molecule has 7 rings (SSSR count). The molecule has 3 N–H and O–H groups in total. The number of hydrogen-bond acceptors (Lipinski definition) is 9. The number of amides is 2. The predicted molar refractivity (Wildman–Crippen MR) is 218 cm³/mol. The molecule has 298 valence electrons. The van der Waals surface area contributed by atoms with Crippen LogP contribution in [0.4, 0.5) is 16.6 Å². The first-order valence-corrected chi connectivity index (χ1v) is 19.4. The van der Waals surface area contributed by atoms with E-state index in [4.69, 9.17) is 36.1 Å². The summed E-state index contributed by atoms with van der Waals surface area (Å²) in [6.07, 6.45) is 6.79. The van der Waals surface area contributed by atoms with Crippen molar-refractivity contribution < 1.29 is 24.2 Å². The number of benzene rings is 2. The first-order valence-electron chi connectivity index (χ1n) is 19.1. The highest BCUT2D eigenvalue weighted by molar-refractivity contribution is 6.30. The van der Waals surface area contributed by atoms with Gasteiger partial charge in [-0.05, 0) is 88.5 Å². The fourth-order valence-electron chi connectivity index (χ4n) is 7.15. The molecule has 5 aromatic rings. The number of carboxylic acid groups (broad SMARTS) is 1. The molecule has 56 heavy (non-hydrogen) atoms. The average Bonchev–Trinajstić information content (AvgIpc) is 3.77. The van der Waals surface area contributed by atoms with Crippen LogP contribution in [0.25, 0.3) is 11.3 Å². The molecule has 2 amide bonds. The third kappa shape index (κ3) is 9.54. The van der Waals surface area contributed by atoms with E-state index in [1.165, 1.54) is 6.42 Å². The number of rotatable bonds is 10. The Bertz CT molecular complexity index is 2130. The predicted octanol–water partition coefficient (Wildman–Crippen LogP) is 7.66. The fourth-order valence-corrected chi connectivity index (χ4v) is 7.37. The molecule has 15 heteroatoms. The van der Waals surface area contributed by atoms with E-state index in [9.17, 15) is 4.79 Å². The molecule has 3 aromatic heterocycles. The van der Waals surface area contributed by atoms with E-state index in [0.29, 0.717) is 41.3 Å². The molecule has 0 radical (unpaired) electrons. The van der Waals surface area contributed by atoms with Gasteiger partial charge in [-0.1, -0.05) is 56.6 Å². The number of carbonyl (C=O) groups is 2. The molecule has 3 atom stereocenters. The number of halogens is 1. The molecule has 0 bridgehead atoms. The number of hydrogen-bond donors (Lipinski definition) is 3. The van der Waals surface area contributed by atoms with Crippen molar-refractivity contribution >= 4 is 41.5 Å². The van der Waals surface area contributed by atoms with Gasteiger partial charge in [0.05, 0.1) is 23.6 Å². The van der Waals surface area contributed by atoms with Crippen molar-refractivity contribution in [2.45, 2.75) is 83.4 Å². The standard InChI is InChI=1S/C40H50ClN9O3.CH2O2/c1-26-11-9-10-18-48(26)39-45-44-36-17-14-29(25-49(36)39)53-34-16-15-33(31-12-7-8-13-32(31)34)42-38(51)43-37-24-35(40(2,3)4)46-50(37)28-21-27(41)22-30(23-28)52-20-19-47(5)6;2-1-3/h7-8,12-14,17,21-26,33-34H,9-11,15-16,18-20H2,1-6H3,(H2,42,43,51);1H,(H,2,3)/t26-,33-,34+;/m0./s1. The third-order valence-electron chi connectivity index (χ3n) is 10.1. The highest BCUT2D eigenvalue weighted by atomic mass is 35.5. The minimum absolute atomic E-state index is 0.175. The summed E-state index contributed by atoms with van der Waals surface area (Å²) in [4.78, 5) is 26.5. The smallest absolute Gasteiger partial charge is 0.320 e. The quantitative estimate of drug-likeness (QED) is 0.120. The Morgan fingerprint density at radius 2 is 1.79 bits per heavy atom. The van der Waals surface area contributed by atoms with E-state index < -0.39 is 0 Å². The van der Waals surface area contributed by atoms with Crippen LogP contribution in [-0.2, 0) is 10.2 Å². The second-order valence-electron chi connectivity index (χ2n) is 15.6. The van der Waals surface area contributed by atoms with Crippen LogP contribution in [0, 0.1) is 0 Å². The summed E-state index contributed by atoms with van der Waals surface area (Å²) in [6.45, 7) is 10.5. The molecule has 1 fully saturated rings. The Morgan fingerprint density at radius 1 is 1.02 bits per heavy atom. The van der Waals surface area contributed by atoms with Gasteiger partial charge in [0.1, 0.15) is 30.0 Å². The molecule has 1 aliphatic carbocycles. The SMILES string of the molecule is C[C@H]1CCCCN1c1nnc2ccc(O[C@@H]3CC[C@H](NC(=O)Nc4cc(C(C)(C)C)nn4-c4cc(Cl)cc(OCCN(C)C)c4)c4ccccc43)cn12.O=CO. The van der Waals surface area contributed by atoms with E-state index in [0.717, 1.165) is 66.5 Å². The number of nitrogens with zero attached hydrogens (tertiary/aromatic N) is 7. The van der Waals surface area contributed by atoms with Gasteiger partial charge in [-0.3, -0.25) is 14.5 Å². The number of carbonyl (C=O) groups excluding carboxylic acids is 1. The Kier molecular flexibility index (Phi) is 12.7. The molecular formula is C41H52ClN9O5. The minimum atomic E-state index is -0.326. The molecule has 14 nitrogen and oxygen atoms in total. The molecule has 0 saturated carbocycles. The van der Waals surface area contributed by atoms with Gasteiger partial charge in [0.2, 0.25) is 5.95 Å². The zero-order valence-electron chi connectivity index (χ0n) is 32.9. The monoisotopic (exact) mass is 785 g/mol. The van der Waals surface area contributed by atoms with Crippen LogP contribution in [0.15, 0.2) is 66.9 Å². The summed E-state index contributed by atoms with van der Waals surface area (Å²) in [6, 6.07) is 19.4. The number of piperidine rings is 1. The summed E-state index contributed by atoms with van der Waals surface area (Å²) in [7, 11) is 4.00. The van der Waals surface area contributed by atoms with Crippen molar-refractivity contribution in [2.75, 3.05) is 44.0 Å². The fraction of sp³-hybridized carbons (Fsp3) is 0.439. The Labute approximate surface area is 332 Å². The Morgan fingerprint density at radius 3 is 2.52 bits per heavy atom. The maximum Gasteiger partial charge on any atom is 0.320 e. The van der Waals surface area contributed by atoms with Crippen molar-refractivity contribution in [3.05, 3.63) is 88.7 Å². The topological polar surface area (TPSA) is 151 Å². The number of pyridine rings is 1. The molecule has 4 heterocycles. The number of ether oxygens (including phenoxy) is 2. The summed E-state index contributed by atoms with van der Waals surface area (Å²) in [5.74, 6) is 2.77. The van der Waals surface area contributed by atoms with Gasteiger partial charge in [0, 0.05) is 41.7 Å². The second kappa shape index (κ2) is 17.6. The van der Waals surface area contributed by atoms with Gasteiger partial charge in [-0.15, -0.1) is 10.2 Å².